The van der Waals surface area contributed by atoms with Crippen LogP contribution in [0.3, 0.4) is 0 Å². The lowest BCUT2D eigenvalue weighted by Gasteiger charge is -2.33. The van der Waals surface area contributed by atoms with Crippen LogP contribution in [0, 0.1) is 0 Å². The van der Waals surface area contributed by atoms with Gasteiger partial charge < -0.3 is 37.2 Å². The molecule has 0 aromatic carbocycles. The van der Waals surface area contributed by atoms with Gasteiger partial charge in [0.05, 0.1) is 33.3 Å². The molecule has 43 heavy (non-hydrogen) atoms. The summed E-state index contributed by atoms with van der Waals surface area (Å²) in [6.07, 6.45) is 0. The van der Waals surface area contributed by atoms with Gasteiger partial charge in [-0.25, -0.2) is 9.78 Å². The van der Waals surface area contributed by atoms with Crippen LogP contribution in [0.15, 0.2) is 0 Å². The Bertz CT molecular complexity index is 911. The van der Waals surface area contributed by atoms with Gasteiger partial charge >= 0.3 is 11.9 Å². The van der Waals surface area contributed by atoms with E-state index < -0.39 is 36.8 Å². The molecule has 0 aliphatic carbocycles. The van der Waals surface area contributed by atoms with Crippen molar-refractivity contribution in [3.63, 3.8) is 0 Å². The van der Waals surface area contributed by atoms with E-state index in [1.807, 2.05) is 9.80 Å². The molecule has 0 radical (unpaired) electrons. The molecule has 1 heterocycles. The van der Waals surface area contributed by atoms with E-state index in [-0.39, 0.29) is 51.3 Å². The molecule has 1 aliphatic rings. The zero-order valence-electron chi connectivity index (χ0n) is 24.5. The van der Waals surface area contributed by atoms with Crippen molar-refractivity contribution in [2.45, 2.75) is 0 Å². The van der Waals surface area contributed by atoms with E-state index in [9.17, 15) is 28.8 Å². The standard InChI is InChI=1S/C24H45N9O10/c1-42-43-18-29-22(37)17-33-10-5-30(14-19(34)26-3-2-25)4-6-31(15-20(35)27-12-23(38)39)7-8-32(9-11-33)16-21(36)28-13-24(40)41/h2-18,25H2,1H3,(H,26,34)(H,27,35)(H,28,36)(H,29,37)(H,38,39)(H,40,41). The minimum atomic E-state index is -1.18. The van der Waals surface area contributed by atoms with Crippen molar-refractivity contribution in [2.75, 3.05) is 119 Å². The lowest BCUT2D eigenvalue weighted by molar-refractivity contribution is -0.275. The first-order valence-electron chi connectivity index (χ1n) is 13.8. The fourth-order valence-corrected chi connectivity index (χ4v) is 3.98. The Labute approximate surface area is 249 Å². The third-order valence-corrected chi connectivity index (χ3v) is 6.18. The molecule has 8 N–H and O–H groups in total. The van der Waals surface area contributed by atoms with Gasteiger partial charge in [-0.05, 0) is 0 Å². The number of rotatable bonds is 17. The molecule has 4 amide bonds. The van der Waals surface area contributed by atoms with Gasteiger partial charge in [0.1, 0.15) is 13.1 Å². The summed E-state index contributed by atoms with van der Waals surface area (Å²) in [5.74, 6) is -3.93. The molecule has 0 spiro atoms. The zero-order chi connectivity index (χ0) is 32.0. The molecular weight excluding hydrogens is 574 g/mol. The second kappa shape index (κ2) is 22.1. The largest absolute Gasteiger partial charge is 0.480 e. The number of carboxylic acids is 2. The highest BCUT2D eigenvalue weighted by atomic mass is 17.2. The molecule has 1 rings (SSSR count). The molecule has 19 nitrogen and oxygen atoms in total. The Balaban J connectivity index is 3.09. The van der Waals surface area contributed by atoms with Crippen molar-refractivity contribution >= 4 is 35.6 Å². The third kappa shape index (κ3) is 19.4. The number of hydrogen-bond acceptors (Lipinski definition) is 13. The maximum Gasteiger partial charge on any atom is 0.322 e. The zero-order valence-corrected chi connectivity index (χ0v) is 24.5. The Morgan fingerprint density at radius 1 is 0.605 bits per heavy atom. The monoisotopic (exact) mass is 619 g/mol. The number of carbonyl (C=O) groups excluding carboxylic acids is 4. The maximum atomic E-state index is 12.5. The summed E-state index contributed by atoms with van der Waals surface area (Å²) in [7, 11) is 1.31. The van der Waals surface area contributed by atoms with Gasteiger partial charge in [0.15, 0.2) is 6.73 Å². The van der Waals surface area contributed by atoms with Crippen LogP contribution in [-0.4, -0.2) is 184 Å². The number of hydrogen-bond donors (Lipinski definition) is 7. The molecule has 1 fully saturated rings. The number of carbonyl (C=O) groups is 6. The molecule has 1 saturated heterocycles. The number of nitrogens with one attached hydrogen (secondary N) is 4. The average Bonchev–Trinajstić information content (AvgIpc) is 2.95. The fraction of sp³-hybridized carbons (Fsp3) is 0.750. The van der Waals surface area contributed by atoms with Crippen LogP contribution in [0.1, 0.15) is 0 Å². The van der Waals surface area contributed by atoms with Crippen molar-refractivity contribution < 1.29 is 48.8 Å². The first kappa shape index (κ1) is 37.6. The molecule has 19 heteroatoms. The first-order valence-corrected chi connectivity index (χ1v) is 13.8. The minimum Gasteiger partial charge on any atom is -0.480 e. The second-order valence-corrected chi connectivity index (χ2v) is 9.61. The number of amides is 4. The summed E-state index contributed by atoms with van der Waals surface area (Å²) < 4.78 is 0. The summed E-state index contributed by atoms with van der Waals surface area (Å²) in [4.78, 5) is 88.0. The molecule has 0 aromatic heterocycles. The van der Waals surface area contributed by atoms with Gasteiger partial charge in [-0.15, -0.1) is 0 Å². The average molecular weight is 620 g/mol. The van der Waals surface area contributed by atoms with E-state index in [4.69, 9.17) is 20.8 Å². The van der Waals surface area contributed by atoms with Crippen molar-refractivity contribution in [1.29, 1.82) is 0 Å². The van der Waals surface area contributed by atoms with Crippen LogP contribution >= 0.6 is 0 Å². The molecule has 0 bridgehead atoms. The van der Waals surface area contributed by atoms with E-state index in [2.05, 4.69) is 26.2 Å². The van der Waals surface area contributed by atoms with Crippen LogP contribution in [0.5, 0.6) is 0 Å². The highest BCUT2D eigenvalue weighted by Gasteiger charge is 2.22. The van der Waals surface area contributed by atoms with Crippen molar-refractivity contribution in [2.24, 2.45) is 5.73 Å². The van der Waals surface area contributed by atoms with Gasteiger partial charge in [-0.2, -0.15) is 0 Å². The van der Waals surface area contributed by atoms with E-state index in [0.29, 0.717) is 58.9 Å². The van der Waals surface area contributed by atoms with Gasteiger partial charge in [-0.3, -0.25) is 48.4 Å². The van der Waals surface area contributed by atoms with Gasteiger partial charge in [0, 0.05) is 65.4 Å². The maximum absolute atomic E-state index is 12.5. The van der Waals surface area contributed by atoms with E-state index >= 15 is 0 Å². The number of nitrogens with two attached hydrogens (primary N) is 1. The van der Waals surface area contributed by atoms with Gasteiger partial charge in [-0.1, -0.05) is 0 Å². The molecule has 0 atom stereocenters. The molecule has 1 aliphatic heterocycles. The predicted octanol–water partition coefficient (Wildman–Crippen LogP) is -5.66. The predicted molar refractivity (Wildman–Crippen MR) is 150 cm³/mol. The van der Waals surface area contributed by atoms with E-state index in [1.165, 1.54) is 7.11 Å². The Morgan fingerprint density at radius 2 is 0.930 bits per heavy atom. The van der Waals surface area contributed by atoms with Crippen LogP contribution in [0.2, 0.25) is 0 Å². The number of carboxylic acid groups (broad SMARTS) is 2. The lowest BCUT2D eigenvalue weighted by atomic mass is 10.3. The molecule has 0 aromatic rings. The summed E-state index contributed by atoms with van der Waals surface area (Å²) in [6.45, 7) is 1.91. The Morgan fingerprint density at radius 3 is 1.23 bits per heavy atom. The van der Waals surface area contributed by atoms with Crippen molar-refractivity contribution in [3.05, 3.63) is 0 Å². The quantitative estimate of drug-likeness (QED) is 0.0347. The van der Waals surface area contributed by atoms with E-state index in [0.717, 1.165) is 0 Å². The highest BCUT2D eigenvalue weighted by Crippen LogP contribution is 2.02. The van der Waals surface area contributed by atoms with Crippen LogP contribution < -0.4 is 27.0 Å². The second-order valence-electron chi connectivity index (χ2n) is 9.61. The Hall–Kier alpha value is -3.46. The normalized spacial score (nSPS) is 16.3. The molecule has 0 unspecified atom stereocenters. The first-order chi connectivity index (χ1) is 20.5. The fourth-order valence-electron chi connectivity index (χ4n) is 3.98. The summed E-state index contributed by atoms with van der Waals surface area (Å²) in [5.41, 5.74) is 5.49. The SMILES string of the molecule is COOCNC(=O)CN1CCN(CC(=O)NCCN)CCN(CC(=O)NCC(=O)O)CCN(CC(=O)NCC(=O)O)CC1. The molecular formula is C24H45N9O10. The van der Waals surface area contributed by atoms with Crippen LogP contribution in [0.4, 0.5) is 0 Å². The topological polar surface area (TPSA) is 248 Å². The van der Waals surface area contributed by atoms with Crippen LogP contribution in [0.25, 0.3) is 0 Å². The van der Waals surface area contributed by atoms with Gasteiger partial charge in [0.2, 0.25) is 23.6 Å². The van der Waals surface area contributed by atoms with Crippen molar-refractivity contribution in [3.8, 4) is 0 Å². The lowest BCUT2D eigenvalue weighted by Crippen LogP contribution is -2.51. The minimum absolute atomic E-state index is 0.00475. The molecule has 0 saturated carbocycles. The van der Waals surface area contributed by atoms with Crippen LogP contribution in [-0.2, 0) is 38.5 Å². The number of aliphatic carboxylic acids is 2. The van der Waals surface area contributed by atoms with Gasteiger partial charge in [0.25, 0.3) is 0 Å². The van der Waals surface area contributed by atoms with Crippen molar-refractivity contribution in [1.82, 2.24) is 40.9 Å². The summed E-state index contributed by atoms with van der Waals surface area (Å²) in [6, 6.07) is 0. The summed E-state index contributed by atoms with van der Waals surface area (Å²) >= 11 is 0. The smallest absolute Gasteiger partial charge is 0.322 e. The Kier molecular flexibility index (Phi) is 19.3. The third-order valence-electron chi connectivity index (χ3n) is 6.18. The number of nitrogens with zero attached hydrogens (tertiary/aromatic N) is 4. The highest BCUT2D eigenvalue weighted by molar-refractivity contribution is 5.83. The van der Waals surface area contributed by atoms with E-state index in [1.54, 1.807) is 9.80 Å². The summed E-state index contributed by atoms with van der Waals surface area (Å²) in [5, 5.41) is 27.7. The molecule has 246 valence electrons.